The van der Waals surface area contributed by atoms with Crippen molar-refractivity contribution in [2.75, 3.05) is 31.1 Å². The monoisotopic (exact) mass is 379 g/mol. The lowest BCUT2D eigenvalue weighted by molar-refractivity contribution is -0.137. The molecule has 2 fully saturated rings. The number of hydrogen-bond donors (Lipinski definition) is 1. The molecule has 2 aliphatic heterocycles. The Morgan fingerprint density at radius 2 is 1.89 bits per heavy atom. The second-order valence-electron chi connectivity index (χ2n) is 8.20. The number of aliphatic hydroxyl groups excluding tert-OH is 1. The second kappa shape index (κ2) is 8.31. The van der Waals surface area contributed by atoms with Crippen molar-refractivity contribution in [2.45, 2.75) is 38.2 Å². The molecular formula is C23H29N3O2. The van der Waals surface area contributed by atoms with Crippen LogP contribution in [0.3, 0.4) is 0 Å². The highest BCUT2D eigenvalue weighted by Crippen LogP contribution is 2.40. The van der Waals surface area contributed by atoms with Gasteiger partial charge in [-0.25, -0.2) is 0 Å². The maximum Gasteiger partial charge on any atom is 0.222 e. The zero-order valence-electron chi connectivity index (χ0n) is 16.3. The average molecular weight is 380 g/mol. The van der Waals surface area contributed by atoms with Crippen molar-refractivity contribution >= 4 is 11.6 Å². The van der Waals surface area contributed by atoms with Crippen LogP contribution >= 0.6 is 0 Å². The summed E-state index contributed by atoms with van der Waals surface area (Å²) < 4.78 is 0. The highest BCUT2D eigenvalue weighted by molar-refractivity contribution is 5.76. The SMILES string of the molecule is O=C(CCc1ccccc1)N1CCC[C@]2(C1)CN(c1ccncc1)CC[C@H]2O. The molecule has 3 heterocycles. The van der Waals surface area contributed by atoms with E-state index in [4.69, 9.17) is 0 Å². The van der Waals surface area contributed by atoms with E-state index >= 15 is 0 Å². The number of likely N-dealkylation sites (tertiary alicyclic amines) is 1. The number of rotatable bonds is 4. The van der Waals surface area contributed by atoms with Crippen LogP contribution in [0.5, 0.6) is 0 Å². The van der Waals surface area contributed by atoms with Crippen LogP contribution in [0.15, 0.2) is 54.9 Å². The molecule has 1 spiro atoms. The summed E-state index contributed by atoms with van der Waals surface area (Å²) in [7, 11) is 0. The zero-order chi connectivity index (χ0) is 19.4. The van der Waals surface area contributed by atoms with Crippen molar-refractivity contribution in [1.82, 2.24) is 9.88 Å². The molecule has 1 N–H and O–H groups in total. The van der Waals surface area contributed by atoms with E-state index in [0.717, 1.165) is 51.0 Å². The number of aryl methyl sites for hydroxylation is 1. The maximum atomic E-state index is 12.9. The van der Waals surface area contributed by atoms with E-state index in [9.17, 15) is 9.90 Å². The van der Waals surface area contributed by atoms with Crippen LogP contribution in [0, 0.1) is 5.41 Å². The van der Waals surface area contributed by atoms with Crippen molar-refractivity contribution < 1.29 is 9.90 Å². The standard InChI is InChI=1S/C23H29N3O2/c27-21-11-16-25(20-9-13-24-14-10-20)17-23(21)12-4-15-26(18-23)22(28)8-7-19-5-2-1-3-6-19/h1-3,5-6,9-10,13-14,21,27H,4,7-8,11-12,15-18H2/t21-,23-/m1/s1. The molecule has 0 saturated carbocycles. The number of aliphatic hydroxyl groups is 1. The molecule has 1 aromatic heterocycles. The molecule has 2 aromatic rings. The van der Waals surface area contributed by atoms with Gasteiger partial charge < -0.3 is 14.9 Å². The number of amides is 1. The molecule has 2 atom stereocenters. The minimum atomic E-state index is -0.352. The number of hydrogen-bond acceptors (Lipinski definition) is 4. The van der Waals surface area contributed by atoms with Gasteiger partial charge in [-0.3, -0.25) is 9.78 Å². The average Bonchev–Trinajstić information content (AvgIpc) is 2.75. The summed E-state index contributed by atoms with van der Waals surface area (Å²) in [5.74, 6) is 0.205. The lowest BCUT2D eigenvalue weighted by atomic mass is 9.71. The van der Waals surface area contributed by atoms with E-state index in [-0.39, 0.29) is 17.4 Å². The van der Waals surface area contributed by atoms with Crippen LogP contribution in [0.1, 0.15) is 31.2 Å². The molecule has 28 heavy (non-hydrogen) atoms. The van der Waals surface area contributed by atoms with E-state index < -0.39 is 0 Å². The van der Waals surface area contributed by atoms with Gasteiger partial charge in [-0.1, -0.05) is 30.3 Å². The van der Waals surface area contributed by atoms with Gasteiger partial charge in [0.25, 0.3) is 0 Å². The Kier molecular flexibility index (Phi) is 5.62. The van der Waals surface area contributed by atoms with E-state index in [1.165, 1.54) is 5.56 Å². The first-order valence-electron chi connectivity index (χ1n) is 10.3. The zero-order valence-corrected chi connectivity index (χ0v) is 16.3. The van der Waals surface area contributed by atoms with E-state index in [1.807, 2.05) is 47.6 Å². The highest BCUT2D eigenvalue weighted by atomic mass is 16.3. The summed E-state index contributed by atoms with van der Waals surface area (Å²) in [6, 6.07) is 14.2. The fourth-order valence-electron chi connectivity index (χ4n) is 4.75. The molecule has 4 rings (SSSR count). The number of aromatic nitrogens is 1. The molecule has 1 amide bonds. The fraction of sp³-hybridized carbons (Fsp3) is 0.478. The lowest BCUT2D eigenvalue weighted by Crippen LogP contribution is -2.60. The number of benzene rings is 1. The maximum absolute atomic E-state index is 12.9. The second-order valence-corrected chi connectivity index (χ2v) is 8.20. The summed E-state index contributed by atoms with van der Waals surface area (Å²) in [6.07, 6.45) is 7.25. The Hall–Kier alpha value is -2.40. The molecule has 0 bridgehead atoms. The van der Waals surface area contributed by atoms with Crippen LogP contribution in [0.25, 0.3) is 0 Å². The molecule has 2 aliphatic rings. The number of nitrogens with zero attached hydrogens (tertiary/aromatic N) is 3. The van der Waals surface area contributed by atoms with Crippen molar-refractivity contribution in [3.8, 4) is 0 Å². The van der Waals surface area contributed by atoms with E-state index in [0.29, 0.717) is 13.0 Å². The third kappa shape index (κ3) is 4.04. The Balaban J connectivity index is 1.43. The van der Waals surface area contributed by atoms with Gasteiger partial charge in [-0.15, -0.1) is 0 Å². The minimum Gasteiger partial charge on any atom is -0.392 e. The van der Waals surface area contributed by atoms with Gasteiger partial charge in [0.2, 0.25) is 5.91 Å². The Morgan fingerprint density at radius 1 is 1.11 bits per heavy atom. The summed E-state index contributed by atoms with van der Waals surface area (Å²) in [6.45, 7) is 3.09. The topological polar surface area (TPSA) is 56.7 Å². The third-order valence-corrected chi connectivity index (χ3v) is 6.34. The molecule has 5 nitrogen and oxygen atoms in total. The molecule has 2 saturated heterocycles. The minimum absolute atomic E-state index is 0.205. The quantitative estimate of drug-likeness (QED) is 0.888. The summed E-state index contributed by atoms with van der Waals surface area (Å²) >= 11 is 0. The third-order valence-electron chi connectivity index (χ3n) is 6.34. The van der Waals surface area contributed by atoms with Crippen molar-refractivity contribution in [3.05, 3.63) is 60.4 Å². The summed E-state index contributed by atoms with van der Waals surface area (Å²) in [4.78, 5) is 21.3. The largest absolute Gasteiger partial charge is 0.392 e. The number of pyridine rings is 1. The van der Waals surface area contributed by atoms with E-state index in [2.05, 4.69) is 22.0 Å². The van der Waals surface area contributed by atoms with Gasteiger partial charge in [-0.05, 0) is 43.4 Å². The van der Waals surface area contributed by atoms with Gasteiger partial charge in [0, 0.05) is 56.1 Å². The summed E-state index contributed by atoms with van der Waals surface area (Å²) in [5, 5.41) is 10.9. The number of anilines is 1. The van der Waals surface area contributed by atoms with Gasteiger partial charge >= 0.3 is 0 Å². The fourth-order valence-corrected chi connectivity index (χ4v) is 4.75. The first-order valence-corrected chi connectivity index (χ1v) is 10.3. The smallest absolute Gasteiger partial charge is 0.222 e. The van der Waals surface area contributed by atoms with Crippen molar-refractivity contribution in [3.63, 3.8) is 0 Å². The first kappa shape index (κ1) is 18.9. The van der Waals surface area contributed by atoms with Crippen LogP contribution in [-0.4, -0.2) is 53.2 Å². The van der Waals surface area contributed by atoms with Crippen molar-refractivity contribution in [2.24, 2.45) is 5.41 Å². The predicted molar refractivity (Wildman–Crippen MR) is 110 cm³/mol. The summed E-state index contributed by atoms with van der Waals surface area (Å²) in [5.41, 5.74) is 2.11. The van der Waals surface area contributed by atoms with Gasteiger partial charge in [-0.2, -0.15) is 0 Å². The van der Waals surface area contributed by atoms with E-state index in [1.54, 1.807) is 0 Å². The van der Waals surface area contributed by atoms with Crippen LogP contribution < -0.4 is 4.90 Å². The normalized spacial score (nSPS) is 25.1. The van der Waals surface area contributed by atoms with Gasteiger partial charge in [0.15, 0.2) is 0 Å². The molecule has 0 radical (unpaired) electrons. The van der Waals surface area contributed by atoms with Crippen LogP contribution in [0.2, 0.25) is 0 Å². The van der Waals surface area contributed by atoms with Crippen LogP contribution in [0.4, 0.5) is 5.69 Å². The molecule has 5 heteroatoms. The highest BCUT2D eigenvalue weighted by Gasteiger charge is 2.46. The first-order chi connectivity index (χ1) is 13.7. The number of carbonyl (C=O) groups is 1. The molecular weight excluding hydrogens is 350 g/mol. The Morgan fingerprint density at radius 3 is 2.68 bits per heavy atom. The van der Waals surface area contributed by atoms with Crippen LogP contribution in [-0.2, 0) is 11.2 Å². The Bertz CT molecular complexity index is 783. The molecule has 1 aromatic carbocycles. The van der Waals surface area contributed by atoms with Gasteiger partial charge in [0.1, 0.15) is 0 Å². The Labute approximate surface area is 167 Å². The molecule has 0 aliphatic carbocycles. The number of piperidine rings is 2. The molecule has 0 unspecified atom stereocenters. The van der Waals surface area contributed by atoms with Crippen molar-refractivity contribution in [1.29, 1.82) is 0 Å². The lowest BCUT2D eigenvalue weighted by Gasteiger charge is -2.51. The predicted octanol–water partition coefficient (Wildman–Crippen LogP) is 2.89. The number of carbonyl (C=O) groups excluding carboxylic acids is 1. The van der Waals surface area contributed by atoms with Gasteiger partial charge in [0.05, 0.1) is 6.10 Å². The molecule has 148 valence electrons.